The van der Waals surface area contributed by atoms with Gasteiger partial charge >= 0.3 is 5.97 Å². The molecule has 0 bridgehead atoms. The molecule has 0 saturated heterocycles. The molecule has 1 aromatic heterocycles. The standard InChI is InChI=1S/C33H33FN2O4/c1-4-39-32(38)33(19-20-33)27-15-13-24(14-16-27)23-9-11-25(12-10-23)31-28(22(2)35-40-31)17-18-30(37)36(3)21-26-7-5-6-8-29(26)34/h5-16H,4,17-21H2,1-3H3. The highest BCUT2D eigenvalue weighted by Gasteiger charge is 2.52. The summed E-state index contributed by atoms with van der Waals surface area (Å²) in [6.45, 7) is 4.31. The number of halogens is 1. The Morgan fingerprint density at radius 3 is 2.23 bits per heavy atom. The van der Waals surface area contributed by atoms with E-state index in [1.165, 1.54) is 6.07 Å². The molecule has 1 aliphatic carbocycles. The van der Waals surface area contributed by atoms with Crippen molar-refractivity contribution in [2.24, 2.45) is 0 Å². The highest BCUT2D eigenvalue weighted by molar-refractivity contribution is 5.87. The molecule has 7 heteroatoms. The number of ether oxygens (including phenoxy) is 1. The van der Waals surface area contributed by atoms with E-state index >= 15 is 0 Å². The molecule has 1 fully saturated rings. The van der Waals surface area contributed by atoms with E-state index in [4.69, 9.17) is 9.26 Å². The van der Waals surface area contributed by atoms with Crippen molar-refractivity contribution >= 4 is 11.9 Å². The third-order valence-electron chi connectivity index (χ3n) is 7.70. The third kappa shape index (κ3) is 5.55. The van der Waals surface area contributed by atoms with Crippen molar-refractivity contribution in [1.29, 1.82) is 0 Å². The monoisotopic (exact) mass is 540 g/mol. The van der Waals surface area contributed by atoms with Gasteiger partial charge in [0.05, 0.1) is 17.7 Å². The van der Waals surface area contributed by atoms with E-state index < -0.39 is 5.41 Å². The Balaban J connectivity index is 1.25. The minimum atomic E-state index is -0.479. The van der Waals surface area contributed by atoms with Crippen LogP contribution in [0.3, 0.4) is 0 Å². The number of amides is 1. The average molecular weight is 541 g/mol. The zero-order chi connectivity index (χ0) is 28.3. The number of aryl methyl sites for hydroxylation is 1. The number of rotatable bonds is 10. The van der Waals surface area contributed by atoms with Crippen molar-refractivity contribution in [1.82, 2.24) is 10.1 Å². The Hall–Kier alpha value is -4.26. The van der Waals surface area contributed by atoms with Gasteiger partial charge in [0.1, 0.15) is 5.82 Å². The maximum absolute atomic E-state index is 14.0. The van der Waals surface area contributed by atoms with Crippen molar-refractivity contribution in [2.75, 3.05) is 13.7 Å². The lowest BCUT2D eigenvalue weighted by Gasteiger charge is -2.17. The van der Waals surface area contributed by atoms with Crippen LogP contribution in [0.5, 0.6) is 0 Å². The summed E-state index contributed by atoms with van der Waals surface area (Å²) in [6, 6.07) is 22.6. The number of carbonyl (C=O) groups is 2. The minimum absolute atomic E-state index is 0.0791. The van der Waals surface area contributed by atoms with Crippen LogP contribution in [-0.2, 0) is 32.7 Å². The van der Waals surface area contributed by atoms with Crippen molar-refractivity contribution in [2.45, 2.75) is 51.5 Å². The number of hydrogen-bond acceptors (Lipinski definition) is 5. The lowest BCUT2D eigenvalue weighted by molar-refractivity contribution is -0.146. The van der Waals surface area contributed by atoms with Crippen LogP contribution in [0.1, 0.15) is 48.6 Å². The molecule has 206 valence electrons. The quantitative estimate of drug-likeness (QED) is 0.211. The van der Waals surface area contributed by atoms with Crippen molar-refractivity contribution in [3.8, 4) is 22.5 Å². The summed E-state index contributed by atoms with van der Waals surface area (Å²) in [6.07, 6.45) is 2.38. The van der Waals surface area contributed by atoms with E-state index in [1.54, 1.807) is 30.1 Å². The number of hydrogen-bond donors (Lipinski definition) is 0. The first-order valence-electron chi connectivity index (χ1n) is 13.6. The highest BCUT2D eigenvalue weighted by Crippen LogP contribution is 2.49. The normalized spacial score (nSPS) is 13.6. The molecule has 3 aromatic carbocycles. The first-order valence-corrected chi connectivity index (χ1v) is 13.6. The second kappa shape index (κ2) is 11.5. The van der Waals surface area contributed by atoms with Gasteiger partial charge in [0.25, 0.3) is 0 Å². The van der Waals surface area contributed by atoms with Gasteiger partial charge in [0.2, 0.25) is 5.91 Å². The van der Waals surface area contributed by atoms with Crippen molar-refractivity contribution < 1.29 is 23.2 Å². The number of carbonyl (C=O) groups excluding carboxylic acids is 2. The lowest BCUT2D eigenvalue weighted by atomic mass is 9.93. The van der Waals surface area contributed by atoms with E-state index in [9.17, 15) is 14.0 Å². The smallest absolute Gasteiger partial charge is 0.316 e. The van der Waals surface area contributed by atoms with Crippen LogP contribution >= 0.6 is 0 Å². The molecule has 6 nitrogen and oxygen atoms in total. The number of benzene rings is 3. The van der Waals surface area contributed by atoms with E-state index in [2.05, 4.69) is 5.16 Å². The molecule has 0 N–H and O–H groups in total. The van der Waals surface area contributed by atoms with Gasteiger partial charge in [-0.25, -0.2) is 4.39 Å². The average Bonchev–Trinajstić information content (AvgIpc) is 3.70. The molecule has 0 atom stereocenters. The summed E-state index contributed by atoms with van der Waals surface area (Å²) >= 11 is 0. The number of nitrogens with zero attached hydrogens (tertiary/aromatic N) is 2. The van der Waals surface area contributed by atoms with E-state index in [0.29, 0.717) is 24.4 Å². The Kier molecular flexibility index (Phi) is 7.83. The fraction of sp³-hybridized carbons (Fsp3) is 0.303. The maximum atomic E-state index is 14.0. The largest absolute Gasteiger partial charge is 0.465 e. The molecule has 1 heterocycles. The molecule has 0 spiro atoms. The van der Waals surface area contributed by atoms with Crippen LogP contribution in [-0.4, -0.2) is 35.6 Å². The molecular formula is C33H33FN2O4. The van der Waals surface area contributed by atoms with Crippen LogP contribution in [0.2, 0.25) is 0 Å². The van der Waals surface area contributed by atoms with E-state index in [0.717, 1.165) is 46.4 Å². The molecule has 0 unspecified atom stereocenters. The predicted molar refractivity (Wildman–Crippen MR) is 151 cm³/mol. The number of aromatic nitrogens is 1. The molecule has 0 radical (unpaired) electrons. The summed E-state index contributed by atoms with van der Waals surface area (Å²) in [5, 5.41) is 4.15. The molecule has 0 aliphatic heterocycles. The molecule has 1 saturated carbocycles. The Morgan fingerprint density at radius 2 is 1.60 bits per heavy atom. The first kappa shape index (κ1) is 27.3. The highest BCUT2D eigenvalue weighted by atomic mass is 19.1. The van der Waals surface area contributed by atoms with E-state index in [-0.39, 0.29) is 30.7 Å². The Bertz CT molecular complexity index is 1500. The molecule has 5 rings (SSSR count). The molecule has 40 heavy (non-hydrogen) atoms. The summed E-state index contributed by atoms with van der Waals surface area (Å²) in [5.41, 5.74) is 5.61. The second-order valence-corrected chi connectivity index (χ2v) is 10.4. The predicted octanol–water partition coefficient (Wildman–Crippen LogP) is 6.64. The van der Waals surface area contributed by atoms with Gasteiger partial charge in [-0.15, -0.1) is 0 Å². The van der Waals surface area contributed by atoms with Gasteiger partial charge in [0.15, 0.2) is 5.76 Å². The molecule has 1 aliphatic rings. The van der Waals surface area contributed by atoms with Gasteiger partial charge in [-0.2, -0.15) is 0 Å². The summed E-state index contributed by atoms with van der Waals surface area (Å²) < 4.78 is 25.0. The van der Waals surface area contributed by atoms with Crippen LogP contribution in [0, 0.1) is 12.7 Å². The summed E-state index contributed by atoms with van der Waals surface area (Å²) in [7, 11) is 1.68. The second-order valence-electron chi connectivity index (χ2n) is 10.4. The van der Waals surface area contributed by atoms with Gasteiger partial charge in [0, 0.05) is 36.7 Å². The fourth-order valence-corrected chi connectivity index (χ4v) is 5.10. The van der Waals surface area contributed by atoms with Crippen LogP contribution in [0.4, 0.5) is 4.39 Å². The summed E-state index contributed by atoms with van der Waals surface area (Å²) in [5.74, 6) is 0.115. The topological polar surface area (TPSA) is 72.6 Å². The SMILES string of the molecule is CCOC(=O)C1(c2ccc(-c3ccc(-c4onc(C)c4CCC(=O)N(C)Cc4ccccc4F)cc3)cc2)CC1. The van der Waals surface area contributed by atoms with E-state index in [1.807, 2.05) is 62.4 Å². The minimum Gasteiger partial charge on any atom is -0.465 e. The fourth-order valence-electron chi connectivity index (χ4n) is 5.10. The zero-order valence-electron chi connectivity index (χ0n) is 23.1. The van der Waals surface area contributed by atoms with Gasteiger partial charge in [-0.3, -0.25) is 9.59 Å². The Labute approximate surface area is 233 Å². The first-order chi connectivity index (χ1) is 19.3. The van der Waals surface area contributed by atoms with Gasteiger partial charge in [-0.1, -0.05) is 71.9 Å². The van der Waals surface area contributed by atoms with Crippen LogP contribution < -0.4 is 0 Å². The van der Waals surface area contributed by atoms with Crippen molar-refractivity contribution in [3.63, 3.8) is 0 Å². The molecule has 1 amide bonds. The Morgan fingerprint density at radius 1 is 0.975 bits per heavy atom. The van der Waals surface area contributed by atoms with Crippen LogP contribution in [0.25, 0.3) is 22.5 Å². The van der Waals surface area contributed by atoms with Crippen LogP contribution in [0.15, 0.2) is 77.3 Å². The summed E-state index contributed by atoms with van der Waals surface area (Å²) in [4.78, 5) is 26.8. The van der Waals surface area contributed by atoms with Gasteiger partial charge in [-0.05, 0) is 55.9 Å². The number of esters is 1. The maximum Gasteiger partial charge on any atom is 0.316 e. The molecule has 4 aromatic rings. The zero-order valence-corrected chi connectivity index (χ0v) is 23.1. The molecular weight excluding hydrogens is 507 g/mol. The van der Waals surface area contributed by atoms with Crippen molar-refractivity contribution in [3.05, 3.63) is 101 Å². The van der Waals surface area contributed by atoms with Gasteiger partial charge < -0.3 is 14.2 Å². The lowest BCUT2D eigenvalue weighted by Crippen LogP contribution is -2.26. The third-order valence-corrected chi connectivity index (χ3v) is 7.70.